The predicted molar refractivity (Wildman–Crippen MR) is 100 cm³/mol. The molecule has 0 aromatic rings. The topological polar surface area (TPSA) is 44.8 Å². The lowest BCUT2D eigenvalue weighted by atomic mass is 10.0. The molecule has 0 aliphatic rings. The lowest BCUT2D eigenvalue weighted by Gasteiger charge is -2.21. The van der Waals surface area contributed by atoms with Crippen molar-refractivity contribution in [1.29, 1.82) is 0 Å². The molecule has 5 heteroatoms. The van der Waals surface area contributed by atoms with Crippen LogP contribution >= 0.6 is 11.8 Å². The summed E-state index contributed by atoms with van der Waals surface area (Å²) in [5, 5.41) is 0. The number of Topliss-reactive ketones (excluding diaryl/α,β-unsaturated/α-hetero) is 1. The largest absolute Gasteiger partial charge is 0.384 e. The van der Waals surface area contributed by atoms with Crippen molar-refractivity contribution >= 4 is 17.5 Å². The zero-order valence-electron chi connectivity index (χ0n) is 16.4. The molecule has 0 aliphatic heterocycles. The van der Waals surface area contributed by atoms with Gasteiger partial charge in [0.05, 0.1) is 0 Å². The van der Waals surface area contributed by atoms with E-state index in [1.807, 2.05) is 11.8 Å². The second kappa shape index (κ2) is 16.7. The molecule has 3 atom stereocenters. The van der Waals surface area contributed by atoms with Crippen LogP contribution in [-0.2, 0) is 19.0 Å². The molecule has 0 aliphatic carbocycles. The predicted octanol–water partition coefficient (Wildman–Crippen LogP) is 4.27. The van der Waals surface area contributed by atoms with E-state index in [4.69, 9.17) is 14.2 Å². The van der Waals surface area contributed by atoms with Crippen molar-refractivity contribution in [3.8, 4) is 0 Å². The van der Waals surface area contributed by atoms with Crippen LogP contribution in [0.2, 0.25) is 0 Å². The zero-order chi connectivity index (χ0) is 18.3. The van der Waals surface area contributed by atoms with Gasteiger partial charge in [0.15, 0.2) is 5.78 Å². The standard InChI is InChI=1S/C12H24O3S.C6H14O/c1-9(2)6-16-7-10(3)12(11(4)13)15-8-14-5;1-4-6(2)5-7-3/h9-10,12H,6-8H2,1-5H3;6H,4-5H2,1-3H3. The number of ether oxygens (including phenoxy) is 3. The van der Waals surface area contributed by atoms with Crippen LogP contribution in [0.15, 0.2) is 0 Å². The van der Waals surface area contributed by atoms with Crippen LogP contribution in [0.1, 0.15) is 48.0 Å². The number of hydrogen-bond acceptors (Lipinski definition) is 5. The molecule has 0 aromatic carbocycles. The summed E-state index contributed by atoms with van der Waals surface area (Å²) in [7, 11) is 3.31. The summed E-state index contributed by atoms with van der Waals surface area (Å²) in [6.07, 6.45) is 0.882. The Morgan fingerprint density at radius 1 is 1.04 bits per heavy atom. The van der Waals surface area contributed by atoms with Crippen molar-refractivity contribution in [3.63, 3.8) is 0 Å². The number of carbonyl (C=O) groups is 1. The molecule has 23 heavy (non-hydrogen) atoms. The summed E-state index contributed by atoms with van der Waals surface area (Å²) < 4.78 is 15.1. The zero-order valence-corrected chi connectivity index (χ0v) is 17.2. The fourth-order valence-corrected chi connectivity index (χ4v) is 2.96. The van der Waals surface area contributed by atoms with Gasteiger partial charge in [-0.2, -0.15) is 11.8 Å². The van der Waals surface area contributed by atoms with E-state index in [9.17, 15) is 4.79 Å². The third kappa shape index (κ3) is 16.5. The molecule has 0 fully saturated rings. The molecule has 0 rings (SSSR count). The molecule has 0 saturated heterocycles. The normalized spacial score (nSPS) is 14.8. The number of carbonyl (C=O) groups excluding carboxylic acids is 1. The molecule has 140 valence electrons. The maximum Gasteiger partial charge on any atom is 0.158 e. The van der Waals surface area contributed by atoms with Crippen molar-refractivity contribution in [2.45, 2.75) is 54.1 Å². The lowest BCUT2D eigenvalue weighted by Crippen LogP contribution is -2.31. The second-order valence-electron chi connectivity index (χ2n) is 6.48. The van der Waals surface area contributed by atoms with Gasteiger partial charge in [-0.1, -0.05) is 41.0 Å². The summed E-state index contributed by atoms with van der Waals surface area (Å²) in [6, 6.07) is 0. The van der Waals surface area contributed by atoms with Crippen molar-refractivity contribution in [3.05, 3.63) is 0 Å². The number of hydrogen-bond donors (Lipinski definition) is 0. The lowest BCUT2D eigenvalue weighted by molar-refractivity contribution is -0.141. The molecule has 0 aromatic heterocycles. The molecule has 0 radical (unpaired) electrons. The Hall–Kier alpha value is -0.100. The molecule has 4 nitrogen and oxygen atoms in total. The number of rotatable bonds is 12. The van der Waals surface area contributed by atoms with Crippen molar-refractivity contribution in [1.82, 2.24) is 0 Å². The summed E-state index contributed by atoms with van der Waals surface area (Å²) in [4.78, 5) is 11.4. The van der Waals surface area contributed by atoms with E-state index in [2.05, 4.69) is 34.6 Å². The van der Waals surface area contributed by atoms with Gasteiger partial charge in [-0.05, 0) is 36.2 Å². The Kier molecular flexibility index (Phi) is 18.3. The molecule has 0 heterocycles. The summed E-state index contributed by atoms with van der Waals surface area (Å²) in [5.41, 5.74) is 0. The molecule has 0 N–H and O–H groups in total. The Balaban J connectivity index is 0. The Bertz CT molecular complexity index is 272. The van der Waals surface area contributed by atoms with E-state index in [0.29, 0.717) is 5.92 Å². The van der Waals surface area contributed by atoms with E-state index < -0.39 is 0 Å². The van der Waals surface area contributed by atoms with Crippen LogP contribution in [0.3, 0.4) is 0 Å². The van der Waals surface area contributed by atoms with Crippen LogP contribution in [0.5, 0.6) is 0 Å². The van der Waals surface area contributed by atoms with Crippen molar-refractivity contribution in [2.24, 2.45) is 17.8 Å². The van der Waals surface area contributed by atoms with E-state index in [-0.39, 0.29) is 24.6 Å². The van der Waals surface area contributed by atoms with Gasteiger partial charge >= 0.3 is 0 Å². The van der Waals surface area contributed by atoms with Crippen molar-refractivity contribution < 1.29 is 19.0 Å². The molecular weight excluding hydrogens is 312 g/mol. The van der Waals surface area contributed by atoms with Gasteiger partial charge in [0.25, 0.3) is 0 Å². The average molecular weight is 351 g/mol. The number of thioether (sulfide) groups is 1. The molecule has 0 amide bonds. The maximum absolute atomic E-state index is 11.4. The first-order valence-electron chi connectivity index (χ1n) is 8.47. The minimum Gasteiger partial charge on any atom is -0.384 e. The quantitative estimate of drug-likeness (QED) is 0.492. The van der Waals surface area contributed by atoms with Gasteiger partial charge in [-0.3, -0.25) is 4.79 Å². The Labute approximate surface area is 148 Å². The highest BCUT2D eigenvalue weighted by molar-refractivity contribution is 7.99. The van der Waals surface area contributed by atoms with E-state index >= 15 is 0 Å². The van der Waals surface area contributed by atoms with Crippen LogP contribution in [0.25, 0.3) is 0 Å². The summed E-state index contributed by atoms with van der Waals surface area (Å²) in [6.45, 7) is 13.5. The van der Waals surface area contributed by atoms with Crippen LogP contribution in [0, 0.1) is 17.8 Å². The van der Waals surface area contributed by atoms with E-state index in [0.717, 1.165) is 24.0 Å². The van der Waals surface area contributed by atoms with Crippen LogP contribution in [-0.4, -0.2) is 51.0 Å². The SMILES string of the molecule is CCC(C)COC.COCOC(C(C)=O)C(C)CSCC(C)C. The average Bonchev–Trinajstić information content (AvgIpc) is 2.47. The number of methoxy groups -OCH3 is 2. The van der Waals surface area contributed by atoms with Gasteiger partial charge in [-0.25, -0.2) is 0 Å². The highest BCUT2D eigenvalue weighted by Gasteiger charge is 2.22. The summed E-state index contributed by atoms with van der Waals surface area (Å²) in [5.74, 6) is 3.80. The molecular formula is C18H38O4S. The van der Waals surface area contributed by atoms with Gasteiger partial charge in [-0.15, -0.1) is 0 Å². The first kappa shape index (κ1) is 25.1. The van der Waals surface area contributed by atoms with Gasteiger partial charge in [0.2, 0.25) is 0 Å². The van der Waals surface area contributed by atoms with E-state index in [1.165, 1.54) is 6.42 Å². The molecule has 0 bridgehead atoms. The Morgan fingerprint density at radius 2 is 1.65 bits per heavy atom. The van der Waals surface area contributed by atoms with Gasteiger partial charge in [0.1, 0.15) is 12.9 Å². The number of ketones is 1. The third-order valence-corrected chi connectivity index (χ3v) is 4.93. The first-order valence-corrected chi connectivity index (χ1v) is 9.63. The monoisotopic (exact) mass is 350 g/mol. The Morgan fingerprint density at radius 3 is 2.00 bits per heavy atom. The smallest absolute Gasteiger partial charge is 0.158 e. The molecule has 3 unspecified atom stereocenters. The van der Waals surface area contributed by atoms with Crippen molar-refractivity contribution in [2.75, 3.05) is 39.1 Å². The first-order chi connectivity index (χ1) is 10.8. The molecule has 0 spiro atoms. The highest BCUT2D eigenvalue weighted by atomic mass is 32.2. The van der Waals surface area contributed by atoms with Gasteiger partial charge < -0.3 is 14.2 Å². The van der Waals surface area contributed by atoms with Crippen LogP contribution < -0.4 is 0 Å². The van der Waals surface area contributed by atoms with E-state index in [1.54, 1.807) is 21.1 Å². The summed E-state index contributed by atoms with van der Waals surface area (Å²) >= 11 is 1.88. The minimum atomic E-state index is -0.334. The van der Waals surface area contributed by atoms with Crippen LogP contribution in [0.4, 0.5) is 0 Å². The van der Waals surface area contributed by atoms with Gasteiger partial charge in [0, 0.05) is 20.8 Å². The highest BCUT2D eigenvalue weighted by Crippen LogP contribution is 2.17. The fraction of sp³-hybridized carbons (Fsp3) is 0.944. The minimum absolute atomic E-state index is 0.0784. The second-order valence-corrected chi connectivity index (χ2v) is 7.56. The maximum atomic E-state index is 11.4. The third-order valence-electron chi connectivity index (χ3n) is 3.26. The molecule has 0 saturated carbocycles. The fourth-order valence-electron chi connectivity index (χ4n) is 1.80.